The maximum atomic E-state index is 11.0. The molecular formula is C13H14N4O2. The third-order valence-corrected chi connectivity index (χ3v) is 3.48. The summed E-state index contributed by atoms with van der Waals surface area (Å²) in [6, 6.07) is 7.47. The van der Waals surface area contributed by atoms with Crippen LogP contribution in [0.15, 0.2) is 30.5 Å². The van der Waals surface area contributed by atoms with Crippen molar-refractivity contribution in [1.82, 2.24) is 4.98 Å². The van der Waals surface area contributed by atoms with Gasteiger partial charge in [0.25, 0.3) is 5.69 Å². The monoisotopic (exact) mass is 258 g/mol. The number of pyridine rings is 1. The fourth-order valence-corrected chi connectivity index (χ4v) is 2.43. The van der Waals surface area contributed by atoms with Gasteiger partial charge in [-0.15, -0.1) is 0 Å². The average Bonchev–Trinajstić information content (AvgIpc) is 2.36. The smallest absolute Gasteiger partial charge is 0.295 e. The Balaban J connectivity index is 2.01. The summed E-state index contributed by atoms with van der Waals surface area (Å²) in [5, 5.41) is 15.1. The Morgan fingerprint density at radius 1 is 1.37 bits per heavy atom. The van der Waals surface area contributed by atoms with Gasteiger partial charge >= 0.3 is 0 Å². The molecule has 0 saturated heterocycles. The predicted molar refractivity (Wildman–Crippen MR) is 73.0 cm³/mol. The number of rotatable bonds is 3. The molecule has 1 aliphatic rings. The van der Waals surface area contributed by atoms with E-state index >= 15 is 0 Å². The average molecular weight is 258 g/mol. The zero-order chi connectivity index (χ0) is 13.4. The number of nitrogens with zero attached hydrogens (tertiary/aromatic N) is 2. The minimum atomic E-state index is -0.404. The molecule has 1 aliphatic carbocycles. The normalized spacial score (nSPS) is 21.9. The summed E-state index contributed by atoms with van der Waals surface area (Å²) in [5.74, 6) is 0. The molecule has 1 aromatic carbocycles. The van der Waals surface area contributed by atoms with Gasteiger partial charge in [0.15, 0.2) is 0 Å². The molecule has 19 heavy (non-hydrogen) atoms. The highest BCUT2D eigenvalue weighted by Crippen LogP contribution is 2.32. The lowest BCUT2D eigenvalue weighted by Gasteiger charge is -2.34. The van der Waals surface area contributed by atoms with Gasteiger partial charge in [-0.1, -0.05) is 0 Å². The number of nitrogens with two attached hydrogens (primary N) is 1. The van der Waals surface area contributed by atoms with E-state index in [1.54, 1.807) is 18.3 Å². The molecule has 0 spiro atoms. The number of non-ortho nitro benzene ring substituents is 1. The maximum Gasteiger partial charge on any atom is 0.295 e. The molecule has 6 heteroatoms. The largest absolute Gasteiger partial charge is 0.382 e. The number of fused-ring (bicyclic) bond motifs is 1. The molecule has 3 N–H and O–H groups in total. The standard InChI is InChI=1S/C13H14N4O2/c14-8-6-9(7-8)16-11-3-4-12(17(18)19)13-10(11)2-1-5-15-13/h1-5,8-9,16H,6-7,14H2. The highest BCUT2D eigenvalue weighted by atomic mass is 16.6. The van der Waals surface area contributed by atoms with Gasteiger partial charge in [0.05, 0.1) is 4.92 Å². The van der Waals surface area contributed by atoms with E-state index in [-0.39, 0.29) is 11.7 Å². The third-order valence-electron chi connectivity index (χ3n) is 3.48. The van der Waals surface area contributed by atoms with Crippen molar-refractivity contribution >= 4 is 22.3 Å². The fourth-order valence-electron chi connectivity index (χ4n) is 2.43. The van der Waals surface area contributed by atoms with E-state index in [0.29, 0.717) is 11.6 Å². The van der Waals surface area contributed by atoms with Crippen molar-refractivity contribution in [3.63, 3.8) is 0 Å². The van der Waals surface area contributed by atoms with Gasteiger partial charge in [0, 0.05) is 35.4 Å². The summed E-state index contributed by atoms with van der Waals surface area (Å²) >= 11 is 0. The van der Waals surface area contributed by atoms with Crippen LogP contribution in [0.25, 0.3) is 10.9 Å². The molecule has 98 valence electrons. The van der Waals surface area contributed by atoms with Crippen LogP contribution in [0.4, 0.5) is 11.4 Å². The van der Waals surface area contributed by atoms with Crippen molar-refractivity contribution in [3.05, 3.63) is 40.6 Å². The molecule has 0 amide bonds. The van der Waals surface area contributed by atoms with Crippen LogP contribution in [0.2, 0.25) is 0 Å². The Morgan fingerprint density at radius 2 is 2.16 bits per heavy atom. The van der Waals surface area contributed by atoms with E-state index in [4.69, 9.17) is 5.73 Å². The van der Waals surface area contributed by atoms with Crippen molar-refractivity contribution in [2.24, 2.45) is 5.73 Å². The zero-order valence-electron chi connectivity index (χ0n) is 10.2. The lowest BCUT2D eigenvalue weighted by molar-refractivity contribution is -0.383. The van der Waals surface area contributed by atoms with Crippen LogP contribution in [0.1, 0.15) is 12.8 Å². The Hall–Kier alpha value is -2.21. The van der Waals surface area contributed by atoms with Crippen LogP contribution in [0, 0.1) is 10.1 Å². The molecule has 1 saturated carbocycles. The Morgan fingerprint density at radius 3 is 2.84 bits per heavy atom. The SMILES string of the molecule is NC1CC(Nc2ccc([N+](=O)[O-])c3ncccc23)C1. The molecule has 1 heterocycles. The highest BCUT2D eigenvalue weighted by molar-refractivity contribution is 5.97. The fraction of sp³-hybridized carbons (Fsp3) is 0.308. The first-order valence-electron chi connectivity index (χ1n) is 6.19. The van der Waals surface area contributed by atoms with Gasteiger partial charge in [-0.3, -0.25) is 10.1 Å². The second-order valence-electron chi connectivity index (χ2n) is 4.86. The summed E-state index contributed by atoms with van der Waals surface area (Å²) in [6.45, 7) is 0. The predicted octanol–water partition coefficient (Wildman–Crippen LogP) is 2.04. The van der Waals surface area contributed by atoms with Crippen LogP contribution < -0.4 is 11.1 Å². The minimum Gasteiger partial charge on any atom is -0.382 e. The second kappa shape index (κ2) is 4.47. The molecule has 1 fully saturated rings. The van der Waals surface area contributed by atoms with E-state index < -0.39 is 4.92 Å². The molecule has 3 rings (SSSR count). The molecule has 0 unspecified atom stereocenters. The number of hydrogen-bond acceptors (Lipinski definition) is 5. The Bertz CT molecular complexity index is 638. The number of nitro benzene ring substituents is 1. The van der Waals surface area contributed by atoms with Crippen LogP contribution in [-0.4, -0.2) is 22.0 Å². The van der Waals surface area contributed by atoms with Crippen LogP contribution >= 0.6 is 0 Å². The number of nitro groups is 1. The first-order chi connectivity index (χ1) is 9.15. The first-order valence-corrected chi connectivity index (χ1v) is 6.19. The van der Waals surface area contributed by atoms with Gasteiger partial charge in [-0.25, -0.2) is 4.98 Å². The quantitative estimate of drug-likeness (QED) is 0.649. The van der Waals surface area contributed by atoms with Crippen LogP contribution in [0.5, 0.6) is 0 Å². The Labute approximate surface area is 109 Å². The van der Waals surface area contributed by atoms with Gasteiger partial charge < -0.3 is 11.1 Å². The van der Waals surface area contributed by atoms with Gasteiger partial charge in [-0.2, -0.15) is 0 Å². The summed E-state index contributed by atoms with van der Waals surface area (Å²) in [4.78, 5) is 14.7. The summed E-state index contributed by atoms with van der Waals surface area (Å²) < 4.78 is 0. The molecule has 2 aromatic rings. The zero-order valence-corrected chi connectivity index (χ0v) is 10.2. The molecule has 0 bridgehead atoms. The summed E-state index contributed by atoms with van der Waals surface area (Å²) in [6.07, 6.45) is 3.43. The Kier molecular flexibility index (Phi) is 2.79. The molecular weight excluding hydrogens is 244 g/mol. The number of benzene rings is 1. The minimum absolute atomic E-state index is 0.0338. The second-order valence-corrected chi connectivity index (χ2v) is 4.86. The summed E-state index contributed by atoms with van der Waals surface area (Å²) in [5.41, 5.74) is 7.09. The lowest BCUT2D eigenvalue weighted by Crippen LogP contribution is -2.44. The highest BCUT2D eigenvalue weighted by Gasteiger charge is 2.26. The van der Waals surface area contributed by atoms with Crippen LogP contribution in [-0.2, 0) is 0 Å². The van der Waals surface area contributed by atoms with Gasteiger partial charge in [0.1, 0.15) is 5.52 Å². The van der Waals surface area contributed by atoms with Gasteiger partial charge in [0.2, 0.25) is 0 Å². The number of nitrogens with one attached hydrogen (secondary N) is 1. The van der Waals surface area contributed by atoms with Crippen LogP contribution in [0.3, 0.4) is 0 Å². The first kappa shape index (κ1) is 11.9. The van der Waals surface area contributed by atoms with E-state index in [0.717, 1.165) is 23.9 Å². The topological polar surface area (TPSA) is 94.1 Å². The van der Waals surface area contributed by atoms with E-state index in [9.17, 15) is 10.1 Å². The summed E-state index contributed by atoms with van der Waals surface area (Å²) in [7, 11) is 0. The van der Waals surface area contributed by atoms with E-state index in [1.165, 1.54) is 6.07 Å². The van der Waals surface area contributed by atoms with E-state index in [1.807, 2.05) is 6.07 Å². The number of hydrogen-bond donors (Lipinski definition) is 2. The number of aromatic nitrogens is 1. The molecule has 0 aliphatic heterocycles. The van der Waals surface area contributed by atoms with Gasteiger partial charge in [-0.05, 0) is 31.0 Å². The maximum absolute atomic E-state index is 11.0. The van der Waals surface area contributed by atoms with E-state index in [2.05, 4.69) is 10.3 Å². The van der Waals surface area contributed by atoms with Crippen molar-refractivity contribution in [2.75, 3.05) is 5.32 Å². The number of anilines is 1. The molecule has 1 aromatic heterocycles. The molecule has 6 nitrogen and oxygen atoms in total. The molecule has 0 atom stereocenters. The molecule has 0 radical (unpaired) electrons. The van der Waals surface area contributed by atoms with Crippen molar-refractivity contribution in [1.29, 1.82) is 0 Å². The lowest BCUT2D eigenvalue weighted by atomic mass is 9.87. The van der Waals surface area contributed by atoms with Crippen molar-refractivity contribution in [2.45, 2.75) is 24.9 Å². The third kappa shape index (κ3) is 2.10. The van der Waals surface area contributed by atoms with Crippen molar-refractivity contribution in [3.8, 4) is 0 Å². The van der Waals surface area contributed by atoms with Crippen molar-refractivity contribution < 1.29 is 4.92 Å².